The van der Waals surface area contributed by atoms with E-state index < -0.39 is 8.07 Å². The van der Waals surface area contributed by atoms with Gasteiger partial charge in [0.2, 0.25) is 0 Å². The van der Waals surface area contributed by atoms with Gasteiger partial charge in [-0.05, 0) is 0 Å². The second kappa shape index (κ2) is 3.91. The molecule has 11 heavy (non-hydrogen) atoms. The van der Waals surface area contributed by atoms with Gasteiger partial charge in [0.25, 0.3) is 0 Å². The lowest BCUT2D eigenvalue weighted by Gasteiger charge is -2.20. The number of allylic oxidation sites excluding steroid dienone is 2. The Bertz CT molecular complexity index is 148. The summed E-state index contributed by atoms with van der Waals surface area (Å²) in [5.41, 5.74) is 5.00. The zero-order valence-electron chi connectivity index (χ0n) is 7.64. The van der Waals surface area contributed by atoms with Crippen LogP contribution in [0, 0.1) is 0 Å². The highest BCUT2D eigenvalue weighted by atomic mass is 28.3. The molecule has 0 fully saturated rings. The van der Waals surface area contributed by atoms with Crippen molar-refractivity contribution in [3.63, 3.8) is 0 Å². The summed E-state index contributed by atoms with van der Waals surface area (Å²) in [4.78, 5) is 0. The Balaban J connectivity index is 2.56. The van der Waals surface area contributed by atoms with Crippen molar-refractivity contribution in [2.45, 2.75) is 38.8 Å². The van der Waals surface area contributed by atoms with E-state index in [0.29, 0.717) is 0 Å². The molecule has 0 aliphatic carbocycles. The average molecular weight is 166 g/mol. The van der Waals surface area contributed by atoms with Gasteiger partial charge in [-0.3, -0.25) is 0 Å². The summed E-state index contributed by atoms with van der Waals surface area (Å²) in [6.45, 7) is 4.59. The largest absolute Gasteiger partial charge is 0.102 e. The van der Waals surface area contributed by atoms with Crippen LogP contribution in [0.25, 0.3) is 0 Å². The van der Waals surface area contributed by atoms with E-state index >= 15 is 0 Å². The first-order valence-electron chi connectivity index (χ1n) is 4.70. The van der Waals surface area contributed by atoms with Crippen molar-refractivity contribution in [1.29, 1.82) is 0 Å². The van der Waals surface area contributed by atoms with Crippen molar-refractivity contribution >= 4 is 8.07 Å². The monoisotopic (exact) mass is 166 g/mol. The van der Waals surface area contributed by atoms with E-state index in [9.17, 15) is 0 Å². The van der Waals surface area contributed by atoms with Crippen LogP contribution < -0.4 is 0 Å². The molecule has 0 aromatic heterocycles. The third kappa shape index (κ3) is 2.06. The van der Waals surface area contributed by atoms with E-state index in [0.717, 1.165) is 0 Å². The van der Waals surface area contributed by atoms with Gasteiger partial charge in [-0.15, -0.1) is 0 Å². The molecule has 0 bridgehead atoms. The molecular formula is C10H18Si. The molecule has 0 aromatic carbocycles. The van der Waals surface area contributed by atoms with E-state index in [4.69, 9.17) is 0 Å². The maximum atomic E-state index is 2.50. The van der Waals surface area contributed by atoms with E-state index in [1.165, 1.54) is 24.9 Å². The average Bonchev–Trinajstić information content (AvgIpc) is 2.39. The molecule has 0 saturated carbocycles. The van der Waals surface area contributed by atoms with E-state index in [1.807, 2.05) is 0 Å². The van der Waals surface area contributed by atoms with Gasteiger partial charge in [0, 0.05) is 0 Å². The fourth-order valence-corrected chi connectivity index (χ4v) is 5.82. The number of hydrogen-bond donors (Lipinski definition) is 0. The summed E-state index contributed by atoms with van der Waals surface area (Å²) in [6, 6.07) is 2.90. The second-order valence-corrected chi connectivity index (χ2v) is 7.58. The SMILES string of the molecule is CCC[Si]1(CCC)C=CC=C1. The molecule has 0 spiro atoms. The van der Waals surface area contributed by atoms with Crippen molar-refractivity contribution in [1.82, 2.24) is 0 Å². The predicted molar refractivity (Wildman–Crippen MR) is 54.2 cm³/mol. The van der Waals surface area contributed by atoms with Gasteiger partial charge < -0.3 is 0 Å². The van der Waals surface area contributed by atoms with E-state index in [1.54, 1.807) is 0 Å². The zero-order valence-corrected chi connectivity index (χ0v) is 8.64. The quantitative estimate of drug-likeness (QED) is 0.561. The van der Waals surface area contributed by atoms with Crippen LogP contribution in [0.3, 0.4) is 0 Å². The third-order valence-electron chi connectivity index (χ3n) is 2.40. The highest BCUT2D eigenvalue weighted by Crippen LogP contribution is 2.25. The smallest absolute Gasteiger partial charge is 0.0904 e. The summed E-state index contributed by atoms with van der Waals surface area (Å²) < 4.78 is 0. The van der Waals surface area contributed by atoms with Crippen LogP contribution >= 0.6 is 0 Å². The van der Waals surface area contributed by atoms with Crippen molar-refractivity contribution in [2.24, 2.45) is 0 Å². The fourth-order valence-electron chi connectivity index (χ4n) is 1.94. The number of hydrogen-bond acceptors (Lipinski definition) is 0. The van der Waals surface area contributed by atoms with E-state index in [2.05, 4.69) is 37.4 Å². The Labute approximate surface area is 71.0 Å². The van der Waals surface area contributed by atoms with Gasteiger partial charge in [-0.25, -0.2) is 0 Å². The standard InChI is InChI=1S/C10H18Si/c1-3-7-11(8-4-2)9-5-6-10-11/h5-6,9-10H,3-4,7-8H2,1-2H3. The lowest BCUT2D eigenvalue weighted by atomic mass is 10.6. The predicted octanol–water partition coefficient (Wildman–Crippen LogP) is 3.46. The maximum absolute atomic E-state index is 2.50. The van der Waals surface area contributed by atoms with Crippen LogP contribution in [-0.2, 0) is 0 Å². The molecule has 0 aromatic rings. The van der Waals surface area contributed by atoms with Gasteiger partial charge in [0.05, 0.1) is 0 Å². The summed E-state index contributed by atoms with van der Waals surface area (Å²) in [6.07, 6.45) is 7.19. The normalized spacial score (nSPS) is 19.5. The van der Waals surface area contributed by atoms with Gasteiger partial charge >= 0.3 is 0 Å². The zero-order chi connectivity index (χ0) is 8.16. The first kappa shape index (κ1) is 8.79. The molecule has 1 heteroatoms. The molecule has 1 aliphatic heterocycles. The topological polar surface area (TPSA) is 0 Å². The molecule has 0 N–H and O–H groups in total. The molecule has 0 nitrogen and oxygen atoms in total. The minimum atomic E-state index is -0.993. The van der Waals surface area contributed by atoms with E-state index in [-0.39, 0.29) is 0 Å². The molecule has 1 heterocycles. The lowest BCUT2D eigenvalue weighted by molar-refractivity contribution is 0.997. The summed E-state index contributed by atoms with van der Waals surface area (Å²) in [7, 11) is -0.993. The maximum Gasteiger partial charge on any atom is 0.102 e. The molecule has 0 saturated heterocycles. The van der Waals surface area contributed by atoms with Crippen LogP contribution in [0.5, 0.6) is 0 Å². The lowest BCUT2D eigenvalue weighted by Crippen LogP contribution is -2.27. The van der Waals surface area contributed by atoms with Crippen LogP contribution in [0.15, 0.2) is 23.6 Å². The Morgan fingerprint density at radius 3 is 1.73 bits per heavy atom. The third-order valence-corrected chi connectivity index (χ3v) is 6.97. The Hall–Kier alpha value is -0.303. The number of rotatable bonds is 4. The molecule has 0 atom stereocenters. The minimum absolute atomic E-state index is 0.993. The summed E-state index contributed by atoms with van der Waals surface area (Å²) in [5.74, 6) is 0. The van der Waals surface area contributed by atoms with Gasteiger partial charge in [0.1, 0.15) is 8.07 Å². The van der Waals surface area contributed by atoms with Crippen molar-refractivity contribution in [2.75, 3.05) is 0 Å². The van der Waals surface area contributed by atoms with Crippen LogP contribution in [0.1, 0.15) is 26.7 Å². The van der Waals surface area contributed by atoms with Crippen molar-refractivity contribution in [3.8, 4) is 0 Å². The first-order valence-corrected chi connectivity index (χ1v) is 7.27. The second-order valence-electron chi connectivity index (χ2n) is 3.45. The van der Waals surface area contributed by atoms with Crippen LogP contribution in [0.4, 0.5) is 0 Å². The van der Waals surface area contributed by atoms with Gasteiger partial charge in [0.15, 0.2) is 0 Å². The summed E-state index contributed by atoms with van der Waals surface area (Å²) in [5, 5.41) is 0. The molecule has 0 amide bonds. The summed E-state index contributed by atoms with van der Waals surface area (Å²) >= 11 is 0. The molecule has 1 rings (SSSR count). The van der Waals surface area contributed by atoms with Gasteiger partial charge in [-0.1, -0.05) is 62.3 Å². The van der Waals surface area contributed by atoms with Crippen LogP contribution in [-0.4, -0.2) is 8.07 Å². The van der Waals surface area contributed by atoms with Crippen molar-refractivity contribution in [3.05, 3.63) is 23.6 Å². The molecular weight excluding hydrogens is 148 g/mol. The minimum Gasteiger partial charge on any atom is -0.0904 e. The molecule has 0 radical (unpaired) electrons. The highest BCUT2D eigenvalue weighted by Gasteiger charge is 2.26. The van der Waals surface area contributed by atoms with Crippen LogP contribution in [0.2, 0.25) is 12.1 Å². The fraction of sp³-hybridized carbons (Fsp3) is 0.600. The molecule has 62 valence electrons. The Morgan fingerprint density at radius 1 is 0.909 bits per heavy atom. The van der Waals surface area contributed by atoms with Crippen molar-refractivity contribution < 1.29 is 0 Å². The Kier molecular flexibility index (Phi) is 3.12. The molecule has 0 unspecified atom stereocenters. The Morgan fingerprint density at radius 2 is 1.36 bits per heavy atom. The van der Waals surface area contributed by atoms with Gasteiger partial charge in [-0.2, -0.15) is 0 Å². The highest BCUT2D eigenvalue weighted by molar-refractivity contribution is 6.89. The first-order chi connectivity index (χ1) is 5.33. The molecule has 1 aliphatic rings.